The maximum absolute atomic E-state index is 13.4. The molecule has 5 aromatic rings. The number of carbonyl (C=O) groups is 4. The number of fused-ring (bicyclic) bond motifs is 1. The van der Waals surface area contributed by atoms with Gasteiger partial charge in [-0.1, -0.05) is 63.3 Å². The van der Waals surface area contributed by atoms with E-state index >= 15 is 0 Å². The average molecular weight is 757 g/mol. The number of hydrogen-bond acceptors (Lipinski definition) is 8. The summed E-state index contributed by atoms with van der Waals surface area (Å²) in [6.45, 7) is 8.37. The topological polar surface area (TPSA) is 214 Å². The van der Waals surface area contributed by atoms with Gasteiger partial charge in [0.2, 0.25) is 11.8 Å². The van der Waals surface area contributed by atoms with Crippen molar-refractivity contribution in [3.05, 3.63) is 60.7 Å². The van der Waals surface area contributed by atoms with Gasteiger partial charge in [0.05, 0.1) is 40.7 Å². The monoisotopic (exact) mass is 756 g/mol. The van der Waals surface area contributed by atoms with E-state index in [1.807, 2.05) is 68.8 Å². The lowest BCUT2D eigenvalue weighted by atomic mass is 10.0. The van der Waals surface area contributed by atoms with Crippen LogP contribution in [0.3, 0.4) is 0 Å². The van der Waals surface area contributed by atoms with Crippen molar-refractivity contribution in [2.24, 2.45) is 11.8 Å². The van der Waals surface area contributed by atoms with Gasteiger partial charge in [0.1, 0.15) is 29.4 Å². The van der Waals surface area contributed by atoms with Crippen molar-refractivity contribution in [1.82, 2.24) is 49.8 Å². The Morgan fingerprint density at radius 1 is 0.759 bits per heavy atom. The van der Waals surface area contributed by atoms with Crippen molar-refractivity contribution in [1.29, 1.82) is 0 Å². The number of amides is 4. The molecule has 0 aliphatic carbocycles. The smallest absolute Gasteiger partial charge is 0.405 e. The molecule has 17 heteroatoms. The van der Waals surface area contributed by atoms with Gasteiger partial charge in [-0.2, -0.15) is 0 Å². The minimum atomic E-state index is -1.22. The lowest BCUT2D eigenvalue weighted by molar-refractivity contribution is -0.136. The second-order valence-corrected chi connectivity index (χ2v) is 15.6. The van der Waals surface area contributed by atoms with Gasteiger partial charge >= 0.3 is 12.2 Å². The van der Waals surface area contributed by atoms with Crippen molar-refractivity contribution >= 4 is 40.3 Å². The lowest BCUT2D eigenvalue weighted by Crippen LogP contribution is -2.50. The number of aromatic nitrogens is 6. The maximum Gasteiger partial charge on any atom is 0.405 e. The Hall–Kier alpha value is -5.71. The van der Waals surface area contributed by atoms with E-state index in [0.29, 0.717) is 24.7 Å². The van der Waals surface area contributed by atoms with Gasteiger partial charge in [0, 0.05) is 25.5 Å². The first-order valence-electron chi connectivity index (χ1n) is 18.2. The summed E-state index contributed by atoms with van der Waals surface area (Å²) in [7, 11) is 0. The Labute approximate surface area is 315 Å². The van der Waals surface area contributed by atoms with E-state index in [1.165, 1.54) is 0 Å². The molecule has 4 amide bonds. The molecule has 6 heterocycles. The van der Waals surface area contributed by atoms with E-state index < -0.39 is 24.3 Å². The summed E-state index contributed by atoms with van der Waals surface area (Å²) in [5, 5.41) is 23.3. The maximum atomic E-state index is 13.4. The standard InChI is InChI=1S/C37H44N10O6S/c1-19(2)29(43-36(50)51)33(48)46-13-5-7-26(46)31-38-15-23(40-31)21-9-11-22(12-10-21)28-18-45-17-25(42-35(45)54-28)24-16-39-32(41-24)27-8-6-14-47(27)34(49)30(20(3)4)44-37(52)53/h9-12,15-20,26-27,29-30,43-44H,5-8,13-14H2,1-4H3,(H,38,40)(H,39,41)(H,50,51)(H,52,53)/t26-,27?,29-,30-/m0/s1. The summed E-state index contributed by atoms with van der Waals surface area (Å²) < 4.78 is 1.98. The summed E-state index contributed by atoms with van der Waals surface area (Å²) in [6.07, 6.45) is 8.10. The number of imidazole rings is 3. The predicted molar refractivity (Wildman–Crippen MR) is 201 cm³/mol. The Morgan fingerprint density at radius 3 is 1.76 bits per heavy atom. The Bertz CT molecular complexity index is 2140. The number of likely N-dealkylation sites (tertiary alicyclic amines) is 2. The first kappa shape index (κ1) is 36.6. The number of thiazole rings is 1. The van der Waals surface area contributed by atoms with Crippen molar-refractivity contribution < 1.29 is 29.4 Å². The minimum absolute atomic E-state index is 0.191. The van der Waals surface area contributed by atoms with Crippen LogP contribution in [0.5, 0.6) is 0 Å². The van der Waals surface area contributed by atoms with Crippen LogP contribution < -0.4 is 10.6 Å². The van der Waals surface area contributed by atoms with E-state index in [2.05, 4.69) is 30.6 Å². The van der Waals surface area contributed by atoms with Gasteiger partial charge in [0.15, 0.2) is 4.96 Å². The highest BCUT2D eigenvalue weighted by atomic mass is 32.1. The summed E-state index contributed by atoms with van der Waals surface area (Å²) in [6, 6.07) is 5.95. The van der Waals surface area contributed by atoms with Crippen molar-refractivity contribution in [2.75, 3.05) is 13.1 Å². The fourth-order valence-corrected chi connectivity index (χ4v) is 8.41. The molecule has 0 bridgehead atoms. The number of H-pyrrole nitrogens is 2. The number of carbonyl (C=O) groups excluding carboxylic acids is 2. The molecular formula is C37H44N10O6S. The number of hydrogen-bond donors (Lipinski definition) is 6. The molecule has 284 valence electrons. The van der Waals surface area contributed by atoms with Gasteiger partial charge in [-0.3, -0.25) is 14.0 Å². The Balaban J connectivity index is 1.02. The molecule has 54 heavy (non-hydrogen) atoms. The number of nitrogens with zero attached hydrogens (tertiary/aromatic N) is 6. The highest BCUT2D eigenvalue weighted by molar-refractivity contribution is 7.20. The van der Waals surface area contributed by atoms with Crippen LogP contribution in [0.1, 0.15) is 77.1 Å². The van der Waals surface area contributed by atoms with Crippen molar-refractivity contribution in [3.63, 3.8) is 0 Å². The molecule has 7 rings (SSSR count). The first-order chi connectivity index (χ1) is 25.9. The van der Waals surface area contributed by atoms with Crippen LogP contribution in [0, 0.1) is 11.8 Å². The normalized spacial score (nSPS) is 18.5. The van der Waals surface area contributed by atoms with E-state index in [4.69, 9.17) is 4.98 Å². The third kappa shape index (κ3) is 7.27. The number of nitrogens with one attached hydrogen (secondary N) is 4. The van der Waals surface area contributed by atoms with Crippen LogP contribution in [0.25, 0.3) is 38.0 Å². The molecule has 1 aromatic carbocycles. The van der Waals surface area contributed by atoms with Crippen LogP contribution in [0.15, 0.2) is 49.1 Å². The number of aromatic amines is 2. The van der Waals surface area contributed by atoms with Gasteiger partial charge in [-0.25, -0.2) is 24.5 Å². The van der Waals surface area contributed by atoms with E-state index in [9.17, 15) is 29.4 Å². The quantitative estimate of drug-likeness (QED) is 0.0966. The number of rotatable bonds is 11. The molecular weight excluding hydrogens is 713 g/mol. The molecule has 2 aliphatic rings. The molecule has 0 saturated carbocycles. The van der Waals surface area contributed by atoms with Gasteiger partial charge < -0.3 is 40.6 Å². The molecule has 4 atom stereocenters. The fraction of sp³-hybridized carbons (Fsp3) is 0.432. The molecule has 16 nitrogen and oxygen atoms in total. The SMILES string of the molecule is CC(C)[C@H](NC(=O)O)C(=O)N1CCCC1c1ncc(-c2cn3cc(-c4ccc(-c5cnc([C@@H]6CCCN6C(=O)[C@@H](NC(=O)O)C(C)C)[nH]5)cc4)sc3n2)[nH]1. The molecule has 6 N–H and O–H groups in total. The fourth-order valence-electron chi connectivity index (χ4n) is 7.44. The summed E-state index contributed by atoms with van der Waals surface area (Å²) in [4.78, 5) is 75.5. The molecule has 0 spiro atoms. The third-order valence-corrected chi connectivity index (χ3v) is 11.3. The van der Waals surface area contributed by atoms with E-state index in [-0.39, 0.29) is 35.7 Å². The van der Waals surface area contributed by atoms with Gasteiger partial charge in [0.25, 0.3) is 0 Å². The second-order valence-electron chi connectivity index (χ2n) is 14.6. The van der Waals surface area contributed by atoms with Crippen LogP contribution in [-0.2, 0) is 9.59 Å². The van der Waals surface area contributed by atoms with E-state index in [0.717, 1.165) is 63.7 Å². The Kier molecular flexibility index (Phi) is 10.2. The molecule has 2 aliphatic heterocycles. The predicted octanol–water partition coefficient (Wildman–Crippen LogP) is 5.75. The number of carboxylic acid groups (broad SMARTS) is 2. The van der Waals surface area contributed by atoms with Gasteiger partial charge in [-0.05, 0) is 48.6 Å². The van der Waals surface area contributed by atoms with Crippen LogP contribution in [0.4, 0.5) is 9.59 Å². The third-order valence-electron chi connectivity index (χ3n) is 10.2. The second kappa shape index (κ2) is 15.0. The van der Waals surface area contributed by atoms with Crippen molar-refractivity contribution in [2.45, 2.75) is 77.5 Å². The molecule has 0 radical (unpaired) electrons. The molecule has 2 fully saturated rings. The van der Waals surface area contributed by atoms with Crippen LogP contribution >= 0.6 is 11.3 Å². The minimum Gasteiger partial charge on any atom is -0.465 e. The summed E-state index contributed by atoms with van der Waals surface area (Å²) in [5.41, 5.74) is 4.25. The molecule has 2 saturated heterocycles. The van der Waals surface area contributed by atoms with E-state index in [1.54, 1.807) is 33.5 Å². The number of benzene rings is 1. The summed E-state index contributed by atoms with van der Waals surface area (Å²) in [5.74, 6) is 0.456. The van der Waals surface area contributed by atoms with Crippen molar-refractivity contribution in [3.8, 4) is 33.1 Å². The lowest BCUT2D eigenvalue weighted by Gasteiger charge is -2.29. The van der Waals surface area contributed by atoms with Crippen LogP contribution in [0.2, 0.25) is 0 Å². The van der Waals surface area contributed by atoms with Crippen LogP contribution in [-0.4, -0.2) is 98.5 Å². The average Bonchev–Trinajstić information content (AvgIpc) is 3.98. The zero-order valence-electron chi connectivity index (χ0n) is 30.4. The summed E-state index contributed by atoms with van der Waals surface area (Å²) >= 11 is 1.56. The van der Waals surface area contributed by atoms with Gasteiger partial charge in [-0.15, -0.1) is 0 Å². The largest absolute Gasteiger partial charge is 0.465 e. The zero-order chi connectivity index (χ0) is 38.3. The highest BCUT2D eigenvalue weighted by Crippen LogP contribution is 2.36. The molecule has 4 aromatic heterocycles. The molecule has 1 unspecified atom stereocenters. The zero-order valence-corrected chi connectivity index (χ0v) is 31.3. The first-order valence-corrected chi connectivity index (χ1v) is 19.0. The Morgan fingerprint density at radius 2 is 1.26 bits per heavy atom. The highest BCUT2D eigenvalue weighted by Gasteiger charge is 2.39.